The summed E-state index contributed by atoms with van der Waals surface area (Å²) in [5.74, 6) is 0.533. The van der Waals surface area contributed by atoms with Gasteiger partial charge in [0.05, 0.1) is 6.10 Å². The zero-order valence-corrected chi connectivity index (χ0v) is 14.3. The number of nitrogens with one attached hydrogen (secondary N) is 1. The third-order valence-electron chi connectivity index (χ3n) is 4.31. The summed E-state index contributed by atoms with van der Waals surface area (Å²) in [5, 5.41) is 13.5. The molecule has 0 heterocycles. The van der Waals surface area contributed by atoms with Gasteiger partial charge in [0, 0.05) is 25.7 Å². The van der Waals surface area contributed by atoms with Gasteiger partial charge in [0.25, 0.3) is 0 Å². The molecule has 0 spiro atoms. The van der Waals surface area contributed by atoms with E-state index in [4.69, 9.17) is 0 Å². The van der Waals surface area contributed by atoms with Gasteiger partial charge in [-0.15, -0.1) is 0 Å². The number of aliphatic hydroxyl groups excluding tert-OH is 1. The fourth-order valence-electron chi connectivity index (χ4n) is 2.25. The average molecular weight is 292 g/mol. The number of likely N-dealkylation sites (N-methyl/N-ethyl adjacent to an activating group) is 1. The number of benzene rings is 1. The Hall–Kier alpha value is -0.900. The van der Waals surface area contributed by atoms with Crippen LogP contribution in [0.1, 0.15) is 57.3 Å². The van der Waals surface area contributed by atoms with Crippen molar-refractivity contribution in [2.45, 2.75) is 52.2 Å². The van der Waals surface area contributed by atoms with Crippen molar-refractivity contribution in [1.82, 2.24) is 10.2 Å². The van der Waals surface area contributed by atoms with Gasteiger partial charge in [-0.25, -0.2) is 0 Å². The van der Waals surface area contributed by atoms with Gasteiger partial charge in [0.1, 0.15) is 0 Å². The van der Waals surface area contributed by atoms with E-state index in [0.717, 1.165) is 18.7 Å². The second kappa shape index (κ2) is 9.19. The molecule has 0 aliphatic carbocycles. The molecule has 21 heavy (non-hydrogen) atoms. The maximum absolute atomic E-state index is 10.2. The molecule has 2 N–H and O–H groups in total. The van der Waals surface area contributed by atoms with Gasteiger partial charge in [-0.1, -0.05) is 45.0 Å². The topological polar surface area (TPSA) is 35.5 Å². The molecule has 2 unspecified atom stereocenters. The van der Waals surface area contributed by atoms with Crippen molar-refractivity contribution in [3.63, 3.8) is 0 Å². The number of hydrogen-bond acceptors (Lipinski definition) is 3. The lowest BCUT2D eigenvalue weighted by molar-refractivity contribution is 0.171. The Kier molecular flexibility index (Phi) is 7.94. The molecule has 0 aromatic heterocycles. The monoisotopic (exact) mass is 292 g/mol. The van der Waals surface area contributed by atoms with E-state index >= 15 is 0 Å². The number of nitrogens with zero attached hydrogens (tertiary/aromatic N) is 1. The number of rotatable bonds is 9. The van der Waals surface area contributed by atoms with Gasteiger partial charge >= 0.3 is 0 Å². The first kappa shape index (κ1) is 18.1. The molecule has 3 nitrogen and oxygen atoms in total. The van der Waals surface area contributed by atoms with Crippen molar-refractivity contribution in [3.05, 3.63) is 35.4 Å². The summed E-state index contributed by atoms with van der Waals surface area (Å²) in [5.41, 5.74) is 2.30. The molecule has 0 aliphatic heterocycles. The van der Waals surface area contributed by atoms with E-state index in [-0.39, 0.29) is 0 Å². The SMILES string of the molecule is CCC(C)N(C)CCNCC(O)c1ccc(C(C)C)cc1. The van der Waals surface area contributed by atoms with E-state index < -0.39 is 6.10 Å². The largest absolute Gasteiger partial charge is 0.387 e. The minimum absolute atomic E-state index is 0.430. The summed E-state index contributed by atoms with van der Waals surface area (Å²) < 4.78 is 0. The molecule has 0 fully saturated rings. The lowest BCUT2D eigenvalue weighted by atomic mass is 10.00. The molecule has 120 valence electrons. The van der Waals surface area contributed by atoms with Crippen molar-refractivity contribution in [1.29, 1.82) is 0 Å². The summed E-state index contributed by atoms with van der Waals surface area (Å²) >= 11 is 0. The smallest absolute Gasteiger partial charge is 0.0914 e. The summed E-state index contributed by atoms with van der Waals surface area (Å²) in [7, 11) is 2.15. The third kappa shape index (κ3) is 6.16. The Labute approximate surface area is 130 Å². The zero-order valence-electron chi connectivity index (χ0n) is 14.3. The van der Waals surface area contributed by atoms with Crippen LogP contribution in [0, 0.1) is 0 Å². The Bertz CT molecular complexity index is 389. The fraction of sp³-hybridized carbons (Fsp3) is 0.667. The molecule has 1 aromatic carbocycles. The maximum atomic E-state index is 10.2. The van der Waals surface area contributed by atoms with Gasteiger partial charge in [0.15, 0.2) is 0 Å². The highest BCUT2D eigenvalue weighted by atomic mass is 16.3. The molecule has 0 saturated heterocycles. The summed E-state index contributed by atoms with van der Waals surface area (Å²) in [4.78, 5) is 2.34. The molecule has 1 rings (SSSR count). The lowest BCUT2D eigenvalue weighted by Crippen LogP contribution is -2.36. The molecule has 3 heteroatoms. The Morgan fingerprint density at radius 2 is 1.67 bits per heavy atom. The highest BCUT2D eigenvalue weighted by molar-refractivity contribution is 5.26. The highest BCUT2D eigenvalue weighted by Crippen LogP contribution is 2.18. The number of hydrogen-bond donors (Lipinski definition) is 2. The van der Waals surface area contributed by atoms with E-state index in [1.165, 1.54) is 12.0 Å². The van der Waals surface area contributed by atoms with E-state index in [0.29, 0.717) is 18.5 Å². The summed E-state index contributed by atoms with van der Waals surface area (Å²) in [6, 6.07) is 8.90. The van der Waals surface area contributed by atoms with Crippen molar-refractivity contribution < 1.29 is 5.11 Å². The molecule has 0 aliphatic rings. The maximum Gasteiger partial charge on any atom is 0.0914 e. The van der Waals surface area contributed by atoms with Crippen molar-refractivity contribution in [2.24, 2.45) is 0 Å². The van der Waals surface area contributed by atoms with Crippen molar-refractivity contribution >= 4 is 0 Å². The predicted octanol–water partition coefficient (Wildman–Crippen LogP) is 3.16. The molecule has 0 saturated carbocycles. The predicted molar refractivity (Wildman–Crippen MR) is 90.7 cm³/mol. The average Bonchev–Trinajstić information content (AvgIpc) is 2.50. The van der Waals surface area contributed by atoms with Crippen LogP contribution in [-0.2, 0) is 0 Å². The Balaban J connectivity index is 2.32. The van der Waals surface area contributed by atoms with Crippen LogP contribution in [0.3, 0.4) is 0 Å². The van der Waals surface area contributed by atoms with Crippen molar-refractivity contribution in [2.75, 3.05) is 26.7 Å². The second-order valence-electron chi connectivity index (χ2n) is 6.28. The minimum atomic E-state index is -0.430. The molecule has 2 atom stereocenters. The van der Waals surface area contributed by atoms with E-state index in [1.807, 2.05) is 12.1 Å². The van der Waals surface area contributed by atoms with Crippen LogP contribution >= 0.6 is 0 Å². The molecule has 0 amide bonds. The first-order valence-electron chi connectivity index (χ1n) is 8.14. The zero-order chi connectivity index (χ0) is 15.8. The van der Waals surface area contributed by atoms with Crippen LogP contribution in [0.25, 0.3) is 0 Å². The number of aliphatic hydroxyl groups is 1. The second-order valence-corrected chi connectivity index (χ2v) is 6.28. The van der Waals surface area contributed by atoms with E-state index in [2.05, 4.69) is 57.1 Å². The molecule has 1 aromatic rings. The summed E-state index contributed by atoms with van der Waals surface area (Å²) in [6.45, 7) is 11.3. The highest BCUT2D eigenvalue weighted by Gasteiger charge is 2.09. The van der Waals surface area contributed by atoms with Gasteiger partial charge < -0.3 is 15.3 Å². The van der Waals surface area contributed by atoms with Gasteiger partial charge in [0.2, 0.25) is 0 Å². The van der Waals surface area contributed by atoms with Gasteiger partial charge in [-0.05, 0) is 37.4 Å². The quantitative estimate of drug-likeness (QED) is 0.686. The standard InChI is InChI=1S/C18H32N2O/c1-6-15(4)20(5)12-11-19-13-18(21)17-9-7-16(8-10-17)14(2)3/h7-10,14-15,18-19,21H,6,11-13H2,1-5H3. The molecular formula is C18H32N2O. The van der Waals surface area contributed by atoms with Crippen LogP contribution in [0.2, 0.25) is 0 Å². The minimum Gasteiger partial charge on any atom is -0.387 e. The first-order chi connectivity index (χ1) is 9.95. The van der Waals surface area contributed by atoms with Gasteiger partial charge in [-0.3, -0.25) is 0 Å². The van der Waals surface area contributed by atoms with Crippen LogP contribution in [-0.4, -0.2) is 42.7 Å². The summed E-state index contributed by atoms with van der Waals surface area (Å²) in [6.07, 6.45) is 0.738. The Morgan fingerprint density at radius 1 is 1.10 bits per heavy atom. The van der Waals surface area contributed by atoms with Crippen LogP contribution in [0.5, 0.6) is 0 Å². The van der Waals surface area contributed by atoms with Crippen LogP contribution < -0.4 is 5.32 Å². The normalized spacial score (nSPS) is 14.7. The fourth-order valence-corrected chi connectivity index (χ4v) is 2.25. The Morgan fingerprint density at radius 3 is 2.19 bits per heavy atom. The molecular weight excluding hydrogens is 260 g/mol. The van der Waals surface area contributed by atoms with E-state index in [1.54, 1.807) is 0 Å². The van der Waals surface area contributed by atoms with Crippen LogP contribution in [0.4, 0.5) is 0 Å². The lowest BCUT2D eigenvalue weighted by Gasteiger charge is -2.23. The van der Waals surface area contributed by atoms with Crippen molar-refractivity contribution in [3.8, 4) is 0 Å². The molecule has 0 radical (unpaired) electrons. The van der Waals surface area contributed by atoms with E-state index in [9.17, 15) is 5.11 Å². The van der Waals surface area contributed by atoms with Crippen LogP contribution in [0.15, 0.2) is 24.3 Å². The molecule has 0 bridgehead atoms. The van der Waals surface area contributed by atoms with Gasteiger partial charge in [-0.2, -0.15) is 0 Å². The third-order valence-corrected chi connectivity index (χ3v) is 4.31. The first-order valence-corrected chi connectivity index (χ1v) is 8.14.